The van der Waals surface area contributed by atoms with Crippen molar-refractivity contribution in [1.82, 2.24) is 9.97 Å². The van der Waals surface area contributed by atoms with Gasteiger partial charge in [-0.25, -0.2) is 9.97 Å². The van der Waals surface area contributed by atoms with Gasteiger partial charge in [0.15, 0.2) is 0 Å². The van der Waals surface area contributed by atoms with E-state index in [9.17, 15) is 0 Å². The Morgan fingerprint density at radius 3 is 2.68 bits per heavy atom. The largest absolute Gasteiger partial charge is 0.367 e. The van der Waals surface area contributed by atoms with Gasteiger partial charge in [-0.1, -0.05) is 19.9 Å². The highest BCUT2D eigenvalue weighted by Gasteiger charge is 2.09. The molecule has 1 unspecified atom stereocenters. The van der Waals surface area contributed by atoms with E-state index in [-0.39, 0.29) is 0 Å². The monoisotopic (exact) mass is 275 g/mol. The molecule has 2 aromatic rings. The molecule has 0 amide bonds. The van der Waals surface area contributed by atoms with Crippen molar-refractivity contribution >= 4 is 17.2 Å². The lowest BCUT2D eigenvalue weighted by molar-refractivity contribution is 0.751. The highest BCUT2D eigenvalue weighted by atomic mass is 32.1. The number of hydrogen-bond acceptors (Lipinski definition) is 4. The molecule has 0 aromatic carbocycles. The minimum atomic E-state index is 0.355. The van der Waals surface area contributed by atoms with Gasteiger partial charge in [-0.05, 0) is 25.3 Å². The van der Waals surface area contributed by atoms with Crippen molar-refractivity contribution in [3.63, 3.8) is 0 Å². The first kappa shape index (κ1) is 14.0. The molecule has 0 aliphatic rings. The topological polar surface area (TPSA) is 37.8 Å². The zero-order valence-electron chi connectivity index (χ0n) is 12.0. The first-order valence-corrected chi connectivity index (χ1v) is 7.57. The van der Waals surface area contributed by atoms with Gasteiger partial charge >= 0.3 is 0 Å². The number of rotatable bonds is 5. The smallest absolute Gasteiger partial charge is 0.133 e. The van der Waals surface area contributed by atoms with E-state index in [0.717, 1.165) is 23.8 Å². The van der Waals surface area contributed by atoms with Crippen LogP contribution in [-0.2, 0) is 6.42 Å². The van der Waals surface area contributed by atoms with Crippen LogP contribution in [-0.4, -0.2) is 16.0 Å². The van der Waals surface area contributed by atoms with Gasteiger partial charge in [-0.15, -0.1) is 11.3 Å². The van der Waals surface area contributed by atoms with Crippen LogP contribution >= 0.6 is 11.3 Å². The summed E-state index contributed by atoms with van der Waals surface area (Å²) in [5.74, 6) is 2.19. The molecule has 2 aromatic heterocycles. The summed E-state index contributed by atoms with van der Waals surface area (Å²) in [6.07, 6.45) is 1.03. The Balaban J connectivity index is 2.05. The second kappa shape index (κ2) is 6.15. The first-order valence-electron chi connectivity index (χ1n) is 6.69. The number of nitrogens with one attached hydrogen (secondary N) is 1. The Kier molecular flexibility index (Phi) is 4.53. The van der Waals surface area contributed by atoms with E-state index in [1.165, 1.54) is 4.88 Å². The quantitative estimate of drug-likeness (QED) is 0.895. The third kappa shape index (κ3) is 4.03. The van der Waals surface area contributed by atoms with Crippen LogP contribution in [0, 0.1) is 6.92 Å². The minimum Gasteiger partial charge on any atom is -0.367 e. The second-order valence-electron chi connectivity index (χ2n) is 5.24. The molecular formula is C15H21N3S. The standard InChI is InChI=1S/C15H21N3S/c1-10(2)15-17-12(4)9-14(18-15)16-11(3)8-13-6-5-7-19-13/h5-7,9-11H,8H2,1-4H3,(H,16,17,18). The predicted molar refractivity (Wildman–Crippen MR) is 82.0 cm³/mol. The minimum absolute atomic E-state index is 0.355. The average molecular weight is 275 g/mol. The maximum absolute atomic E-state index is 4.58. The summed E-state index contributed by atoms with van der Waals surface area (Å²) in [4.78, 5) is 10.4. The van der Waals surface area contributed by atoms with Crippen molar-refractivity contribution in [2.75, 3.05) is 5.32 Å². The third-order valence-electron chi connectivity index (χ3n) is 2.87. The van der Waals surface area contributed by atoms with Gasteiger partial charge in [0.05, 0.1) is 0 Å². The molecule has 2 rings (SSSR count). The lowest BCUT2D eigenvalue weighted by Gasteiger charge is -2.15. The van der Waals surface area contributed by atoms with E-state index in [1.807, 2.05) is 13.0 Å². The van der Waals surface area contributed by atoms with Crippen molar-refractivity contribution in [3.8, 4) is 0 Å². The summed E-state index contributed by atoms with van der Waals surface area (Å²) < 4.78 is 0. The number of thiophene rings is 1. The summed E-state index contributed by atoms with van der Waals surface area (Å²) in [6.45, 7) is 8.44. The normalized spacial score (nSPS) is 12.7. The molecule has 1 atom stereocenters. The van der Waals surface area contributed by atoms with Crippen molar-refractivity contribution in [2.24, 2.45) is 0 Å². The molecule has 0 saturated carbocycles. The molecule has 4 heteroatoms. The summed E-state index contributed by atoms with van der Waals surface area (Å²) in [7, 11) is 0. The molecule has 2 heterocycles. The van der Waals surface area contributed by atoms with Gasteiger partial charge in [0, 0.05) is 35.0 Å². The van der Waals surface area contributed by atoms with Crippen LogP contribution in [0.5, 0.6) is 0 Å². The molecule has 3 nitrogen and oxygen atoms in total. The highest BCUT2D eigenvalue weighted by molar-refractivity contribution is 7.09. The van der Waals surface area contributed by atoms with E-state index in [0.29, 0.717) is 12.0 Å². The van der Waals surface area contributed by atoms with Crippen molar-refractivity contribution in [3.05, 3.63) is 40.0 Å². The van der Waals surface area contributed by atoms with Crippen molar-refractivity contribution in [1.29, 1.82) is 0 Å². The fourth-order valence-corrected chi connectivity index (χ4v) is 2.79. The summed E-state index contributed by atoms with van der Waals surface area (Å²) in [5.41, 5.74) is 1.02. The summed E-state index contributed by atoms with van der Waals surface area (Å²) in [5, 5.41) is 5.59. The van der Waals surface area contributed by atoms with Gasteiger partial charge in [0.2, 0.25) is 0 Å². The van der Waals surface area contributed by atoms with E-state index in [1.54, 1.807) is 11.3 Å². The molecule has 0 radical (unpaired) electrons. The fourth-order valence-electron chi connectivity index (χ4n) is 1.96. The Morgan fingerprint density at radius 1 is 1.26 bits per heavy atom. The Hall–Kier alpha value is -1.42. The molecule has 0 fully saturated rings. The van der Waals surface area contributed by atoms with Crippen LogP contribution in [0.1, 0.15) is 43.1 Å². The lowest BCUT2D eigenvalue weighted by Crippen LogP contribution is -2.19. The molecule has 1 N–H and O–H groups in total. The van der Waals surface area contributed by atoms with E-state index < -0.39 is 0 Å². The van der Waals surface area contributed by atoms with Gasteiger partial charge in [0.25, 0.3) is 0 Å². The molecule has 0 saturated heterocycles. The number of anilines is 1. The van der Waals surface area contributed by atoms with Crippen LogP contribution in [0.15, 0.2) is 23.6 Å². The van der Waals surface area contributed by atoms with Gasteiger partial charge in [-0.2, -0.15) is 0 Å². The van der Waals surface area contributed by atoms with Crippen LogP contribution in [0.2, 0.25) is 0 Å². The number of hydrogen-bond donors (Lipinski definition) is 1. The molecule has 19 heavy (non-hydrogen) atoms. The zero-order valence-corrected chi connectivity index (χ0v) is 12.8. The van der Waals surface area contributed by atoms with Crippen molar-refractivity contribution in [2.45, 2.75) is 46.1 Å². The molecule has 0 spiro atoms. The van der Waals surface area contributed by atoms with Crippen LogP contribution < -0.4 is 5.32 Å². The third-order valence-corrected chi connectivity index (χ3v) is 3.77. The summed E-state index contributed by atoms with van der Waals surface area (Å²) in [6, 6.07) is 6.65. The first-order chi connectivity index (χ1) is 9.04. The zero-order chi connectivity index (χ0) is 13.8. The van der Waals surface area contributed by atoms with E-state index >= 15 is 0 Å². The van der Waals surface area contributed by atoms with Gasteiger partial charge in [0.1, 0.15) is 11.6 Å². The van der Waals surface area contributed by atoms with Gasteiger partial charge < -0.3 is 5.32 Å². The summed E-state index contributed by atoms with van der Waals surface area (Å²) >= 11 is 1.80. The molecule has 0 aliphatic heterocycles. The van der Waals surface area contributed by atoms with Crippen LogP contribution in [0.3, 0.4) is 0 Å². The number of aryl methyl sites for hydroxylation is 1. The number of aromatic nitrogens is 2. The van der Waals surface area contributed by atoms with E-state index in [2.05, 4.69) is 53.6 Å². The van der Waals surface area contributed by atoms with Crippen molar-refractivity contribution < 1.29 is 0 Å². The number of nitrogens with zero attached hydrogens (tertiary/aromatic N) is 2. The second-order valence-corrected chi connectivity index (χ2v) is 6.27. The maximum atomic E-state index is 4.58. The average Bonchev–Trinajstić information content (AvgIpc) is 2.80. The molecular weight excluding hydrogens is 254 g/mol. The van der Waals surface area contributed by atoms with Gasteiger partial charge in [-0.3, -0.25) is 0 Å². The molecule has 102 valence electrons. The van der Waals surface area contributed by atoms with E-state index in [4.69, 9.17) is 0 Å². The van der Waals surface area contributed by atoms with Crippen LogP contribution in [0.25, 0.3) is 0 Å². The Morgan fingerprint density at radius 2 is 2.05 bits per heavy atom. The maximum Gasteiger partial charge on any atom is 0.133 e. The lowest BCUT2D eigenvalue weighted by atomic mass is 10.2. The SMILES string of the molecule is Cc1cc(NC(C)Cc2cccs2)nc(C(C)C)n1. The predicted octanol–water partition coefficient (Wildman–Crippen LogP) is 4.01. The highest BCUT2D eigenvalue weighted by Crippen LogP contribution is 2.16. The fraction of sp³-hybridized carbons (Fsp3) is 0.467. The Bertz CT molecular complexity index is 520. The molecule has 0 bridgehead atoms. The Labute approximate surface area is 119 Å². The molecule has 0 aliphatic carbocycles. The van der Waals surface area contributed by atoms with Crippen LogP contribution in [0.4, 0.5) is 5.82 Å².